The van der Waals surface area contributed by atoms with Gasteiger partial charge in [0.1, 0.15) is 11.6 Å². The minimum atomic E-state index is -1.13. The first-order chi connectivity index (χ1) is 15.2. The molecule has 2 unspecified atom stereocenters. The average Bonchev–Trinajstić information content (AvgIpc) is 2.76. The van der Waals surface area contributed by atoms with E-state index in [4.69, 9.17) is 27.9 Å². The third-order valence-electron chi connectivity index (χ3n) is 5.51. The molecule has 2 atom stereocenters. The molecule has 168 valence electrons. The Bertz CT molecular complexity index is 1030. The van der Waals surface area contributed by atoms with E-state index < -0.39 is 5.60 Å². The second-order valence-corrected chi connectivity index (χ2v) is 9.15. The molecule has 0 saturated heterocycles. The van der Waals surface area contributed by atoms with Crippen molar-refractivity contribution in [2.75, 3.05) is 6.54 Å². The summed E-state index contributed by atoms with van der Waals surface area (Å²) in [5.74, 6) is -0.0880. The lowest BCUT2D eigenvalue weighted by Crippen LogP contribution is -2.47. The second-order valence-electron chi connectivity index (χ2n) is 8.27. The van der Waals surface area contributed by atoms with E-state index >= 15 is 0 Å². The van der Waals surface area contributed by atoms with Crippen molar-refractivity contribution in [1.29, 1.82) is 0 Å². The largest absolute Gasteiger partial charge is 0.478 e. The fraction of sp³-hybridized carbons (Fsp3) is 0.269. The Morgan fingerprint density at radius 1 is 0.906 bits per heavy atom. The summed E-state index contributed by atoms with van der Waals surface area (Å²) in [5, 5.41) is 4.37. The summed E-state index contributed by atoms with van der Waals surface area (Å²) in [5.41, 5.74) is 1.05. The van der Waals surface area contributed by atoms with Crippen LogP contribution in [0.15, 0.2) is 72.8 Å². The Hall–Kier alpha value is -2.56. The fourth-order valence-electron chi connectivity index (χ4n) is 3.55. The zero-order valence-corrected chi connectivity index (χ0v) is 19.8. The van der Waals surface area contributed by atoms with Crippen LogP contribution in [0.1, 0.15) is 43.7 Å². The van der Waals surface area contributed by atoms with Crippen LogP contribution in [-0.2, 0) is 4.79 Å². The van der Waals surface area contributed by atoms with Gasteiger partial charge in [0.2, 0.25) is 0 Å². The number of halogens is 3. The van der Waals surface area contributed by atoms with Gasteiger partial charge in [0, 0.05) is 22.5 Å². The molecule has 0 aliphatic carbocycles. The minimum Gasteiger partial charge on any atom is -0.478 e. The summed E-state index contributed by atoms with van der Waals surface area (Å²) >= 11 is 12.1. The molecule has 0 saturated carbocycles. The van der Waals surface area contributed by atoms with Crippen molar-refractivity contribution < 1.29 is 13.9 Å². The molecular formula is C26H26Cl2FNO2. The Morgan fingerprint density at radius 2 is 1.41 bits per heavy atom. The number of carbonyl (C=O) groups excluding carboxylic acids is 1. The Morgan fingerprint density at radius 3 is 1.94 bits per heavy atom. The summed E-state index contributed by atoms with van der Waals surface area (Å²) in [6.45, 7) is 5.90. The maximum absolute atomic E-state index is 13.2. The number of hydrogen-bond acceptors (Lipinski definition) is 2. The van der Waals surface area contributed by atoms with Crippen LogP contribution in [0, 0.1) is 5.82 Å². The molecule has 0 heterocycles. The van der Waals surface area contributed by atoms with E-state index in [-0.39, 0.29) is 23.6 Å². The molecule has 0 fully saturated rings. The highest BCUT2D eigenvalue weighted by Gasteiger charge is 2.31. The fourth-order valence-corrected chi connectivity index (χ4v) is 3.80. The van der Waals surface area contributed by atoms with Crippen LogP contribution < -0.4 is 10.1 Å². The summed E-state index contributed by atoms with van der Waals surface area (Å²) < 4.78 is 19.0. The molecule has 0 aliphatic heterocycles. The maximum atomic E-state index is 13.2. The van der Waals surface area contributed by atoms with Crippen molar-refractivity contribution >= 4 is 29.1 Å². The number of nitrogens with one attached hydrogen (secondary N) is 1. The predicted octanol–water partition coefficient (Wildman–Crippen LogP) is 6.99. The average molecular weight is 474 g/mol. The molecule has 1 N–H and O–H groups in total. The van der Waals surface area contributed by atoms with Crippen LogP contribution in [-0.4, -0.2) is 18.1 Å². The van der Waals surface area contributed by atoms with E-state index in [9.17, 15) is 9.18 Å². The van der Waals surface area contributed by atoms with Gasteiger partial charge < -0.3 is 10.1 Å². The van der Waals surface area contributed by atoms with Gasteiger partial charge >= 0.3 is 0 Å². The summed E-state index contributed by atoms with van der Waals surface area (Å²) in [7, 11) is 0. The smallest absolute Gasteiger partial charge is 0.263 e. The summed E-state index contributed by atoms with van der Waals surface area (Å²) in [6.07, 6.45) is 0. The molecule has 0 spiro atoms. The number of benzene rings is 3. The molecule has 1 amide bonds. The highest BCUT2D eigenvalue weighted by Crippen LogP contribution is 2.33. The quantitative estimate of drug-likeness (QED) is 0.382. The van der Waals surface area contributed by atoms with Gasteiger partial charge in [0.25, 0.3) is 5.91 Å². The predicted molar refractivity (Wildman–Crippen MR) is 128 cm³/mol. The van der Waals surface area contributed by atoms with Crippen LogP contribution in [0.2, 0.25) is 10.0 Å². The lowest BCUT2D eigenvalue weighted by molar-refractivity contribution is -0.134. The number of amides is 1. The topological polar surface area (TPSA) is 38.3 Å². The first-order valence-corrected chi connectivity index (χ1v) is 11.1. The lowest BCUT2D eigenvalue weighted by Gasteiger charge is -2.29. The van der Waals surface area contributed by atoms with Gasteiger partial charge in [0.05, 0.1) is 0 Å². The highest BCUT2D eigenvalue weighted by molar-refractivity contribution is 6.30. The zero-order chi connectivity index (χ0) is 23.3. The molecule has 0 aliphatic rings. The van der Waals surface area contributed by atoms with Crippen molar-refractivity contribution in [1.82, 2.24) is 5.32 Å². The monoisotopic (exact) mass is 473 g/mol. The molecule has 3 aromatic carbocycles. The molecule has 3 aromatic rings. The van der Waals surface area contributed by atoms with E-state index in [0.717, 1.165) is 11.1 Å². The molecule has 0 radical (unpaired) electrons. The molecule has 0 aromatic heterocycles. The first-order valence-electron chi connectivity index (χ1n) is 10.4. The Kier molecular flexibility index (Phi) is 7.81. The number of ether oxygens (including phenoxy) is 1. The van der Waals surface area contributed by atoms with E-state index in [1.54, 1.807) is 13.8 Å². The minimum absolute atomic E-state index is 0.000914. The molecular weight excluding hydrogens is 448 g/mol. The van der Waals surface area contributed by atoms with Crippen LogP contribution in [0.25, 0.3) is 0 Å². The van der Waals surface area contributed by atoms with E-state index in [1.165, 1.54) is 24.3 Å². The molecule has 3 rings (SSSR count). The highest BCUT2D eigenvalue weighted by atomic mass is 35.5. The maximum Gasteiger partial charge on any atom is 0.263 e. The lowest BCUT2D eigenvalue weighted by atomic mass is 9.82. The summed E-state index contributed by atoms with van der Waals surface area (Å²) in [6, 6.07) is 21.0. The zero-order valence-electron chi connectivity index (χ0n) is 18.2. The number of carbonyl (C=O) groups is 1. The standard InChI is InChI=1S/C26H26Cl2FNO2/c1-17(18-4-8-20(27)9-5-18)24(19-6-10-21(28)11-7-19)16-30-25(31)26(2,3)32-23-14-12-22(29)13-15-23/h4-15,17,24H,16H2,1-3H3,(H,30,31). The molecule has 6 heteroatoms. The van der Waals surface area contributed by atoms with Crippen molar-refractivity contribution in [3.05, 3.63) is 99.8 Å². The van der Waals surface area contributed by atoms with Crippen molar-refractivity contribution in [3.8, 4) is 5.75 Å². The van der Waals surface area contributed by atoms with E-state index in [0.29, 0.717) is 22.3 Å². The second kappa shape index (κ2) is 10.4. The van der Waals surface area contributed by atoms with Crippen molar-refractivity contribution in [3.63, 3.8) is 0 Å². The van der Waals surface area contributed by atoms with Crippen LogP contribution in [0.5, 0.6) is 5.75 Å². The van der Waals surface area contributed by atoms with Gasteiger partial charge in [-0.25, -0.2) is 4.39 Å². The van der Waals surface area contributed by atoms with Gasteiger partial charge in [-0.1, -0.05) is 54.4 Å². The van der Waals surface area contributed by atoms with E-state index in [1.807, 2.05) is 48.5 Å². The van der Waals surface area contributed by atoms with Crippen molar-refractivity contribution in [2.24, 2.45) is 0 Å². The SMILES string of the molecule is CC(c1ccc(Cl)cc1)C(CNC(=O)C(C)(C)Oc1ccc(F)cc1)c1ccc(Cl)cc1. The van der Waals surface area contributed by atoms with E-state index in [2.05, 4.69) is 12.2 Å². The van der Waals surface area contributed by atoms with Gasteiger partial charge in [-0.2, -0.15) is 0 Å². The van der Waals surface area contributed by atoms with Gasteiger partial charge in [-0.15, -0.1) is 0 Å². The molecule has 3 nitrogen and oxygen atoms in total. The van der Waals surface area contributed by atoms with Crippen LogP contribution in [0.4, 0.5) is 4.39 Å². The third kappa shape index (κ3) is 6.24. The number of rotatable bonds is 8. The van der Waals surface area contributed by atoms with Gasteiger partial charge in [-0.05, 0) is 79.4 Å². The first kappa shape index (κ1) is 24.1. The molecule has 0 bridgehead atoms. The van der Waals surface area contributed by atoms with Crippen LogP contribution in [0.3, 0.4) is 0 Å². The van der Waals surface area contributed by atoms with Gasteiger partial charge in [-0.3, -0.25) is 4.79 Å². The van der Waals surface area contributed by atoms with Gasteiger partial charge in [0.15, 0.2) is 5.60 Å². The number of hydrogen-bond donors (Lipinski definition) is 1. The van der Waals surface area contributed by atoms with Crippen LogP contribution >= 0.6 is 23.2 Å². The Labute approximate surface area is 198 Å². The normalized spacial score (nSPS) is 13.3. The third-order valence-corrected chi connectivity index (χ3v) is 6.02. The Balaban J connectivity index is 1.76. The van der Waals surface area contributed by atoms with Crippen molar-refractivity contribution in [2.45, 2.75) is 38.2 Å². The molecule has 32 heavy (non-hydrogen) atoms. The summed E-state index contributed by atoms with van der Waals surface area (Å²) in [4.78, 5) is 13.0.